The van der Waals surface area contributed by atoms with Gasteiger partial charge in [-0.1, -0.05) is 30.3 Å². The molecule has 0 atom stereocenters. The van der Waals surface area contributed by atoms with Gasteiger partial charge in [-0.3, -0.25) is 14.5 Å². The second-order valence-corrected chi connectivity index (χ2v) is 9.33. The van der Waals surface area contributed by atoms with Gasteiger partial charge < -0.3 is 15.5 Å². The monoisotopic (exact) mass is 516 g/mol. The molecular weight excluding hydrogens is 488 g/mol. The summed E-state index contributed by atoms with van der Waals surface area (Å²) >= 11 is 0. The zero-order valence-electron chi connectivity index (χ0n) is 21.4. The molecule has 1 aliphatic rings. The number of piperazine rings is 1. The second kappa shape index (κ2) is 11.2. The lowest BCUT2D eigenvalue weighted by atomic mass is 10.1. The summed E-state index contributed by atoms with van der Waals surface area (Å²) in [7, 11) is 0. The molecule has 1 fully saturated rings. The van der Waals surface area contributed by atoms with Crippen molar-refractivity contribution < 1.29 is 4.79 Å². The summed E-state index contributed by atoms with van der Waals surface area (Å²) in [5.41, 5.74) is 5.99. The van der Waals surface area contributed by atoms with Crippen molar-refractivity contribution in [3.63, 3.8) is 0 Å². The molecule has 194 valence electrons. The molecule has 0 spiro atoms. The maximum absolute atomic E-state index is 12.8. The van der Waals surface area contributed by atoms with E-state index in [1.165, 1.54) is 0 Å². The highest BCUT2D eigenvalue weighted by atomic mass is 16.2. The van der Waals surface area contributed by atoms with Crippen molar-refractivity contribution in [3.05, 3.63) is 109 Å². The molecule has 5 aromatic rings. The molecule has 6 rings (SSSR count). The molecule has 1 amide bonds. The maximum Gasteiger partial charge on any atom is 0.253 e. The Morgan fingerprint density at radius 1 is 0.923 bits per heavy atom. The van der Waals surface area contributed by atoms with Gasteiger partial charge in [0.2, 0.25) is 5.95 Å². The molecule has 9 heteroatoms. The lowest BCUT2D eigenvalue weighted by Crippen LogP contribution is -2.46. The van der Waals surface area contributed by atoms with Gasteiger partial charge in [-0.25, -0.2) is 9.97 Å². The zero-order valence-corrected chi connectivity index (χ0v) is 21.4. The average Bonchev–Trinajstić information content (AvgIpc) is 3.42. The first-order valence-corrected chi connectivity index (χ1v) is 13.0. The van der Waals surface area contributed by atoms with Crippen molar-refractivity contribution in [1.82, 2.24) is 34.9 Å². The third-order valence-corrected chi connectivity index (χ3v) is 6.61. The number of hydrogen-bond donors (Lipinski definition) is 2. The summed E-state index contributed by atoms with van der Waals surface area (Å²) in [6.07, 6.45) is 7.30. The van der Waals surface area contributed by atoms with Gasteiger partial charge in [-0.15, -0.1) is 0 Å². The van der Waals surface area contributed by atoms with Crippen LogP contribution in [-0.2, 0) is 6.54 Å². The van der Waals surface area contributed by atoms with Crippen LogP contribution < -0.4 is 10.6 Å². The highest BCUT2D eigenvalue weighted by molar-refractivity contribution is 5.94. The molecule has 0 unspecified atom stereocenters. The number of aromatic nitrogens is 5. The summed E-state index contributed by atoms with van der Waals surface area (Å²) in [5, 5.41) is 11.4. The number of nitrogens with zero attached hydrogens (tertiary/aromatic N) is 6. The lowest BCUT2D eigenvalue weighted by Gasteiger charge is -2.27. The molecule has 0 aliphatic carbocycles. The van der Waals surface area contributed by atoms with Crippen molar-refractivity contribution in [2.24, 2.45) is 0 Å². The number of carbonyl (C=O) groups excluding carboxylic acids is 1. The van der Waals surface area contributed by atoms with Crippen LogP contribution in [0.1, 0.15) is 15.9 Å². The van der Waals surface area contributed by atoms with Crippen LogP contribution in [0.15, 0.2) is 97.6 Å². The van der Waals surface area contributed by atoms with E-state index in [-0.39, 0.29) is 5.91 Å². The van der Waals surface area contributed by atoms with Crippen molar-refractivity contribution in [2.75, 3.05) is 31.5 Å². The van der Waals surface area contributed by atoms with E-state index in [0.29, 0.717) is 18.1 Å². The van der Waals surface area contributed by atoms with E-state index >= 15 is 0 Å². The molecule has 1 aliphatic heterocycles. The lowest BCUT2D eigenvalue weighted by molar-refractivity contribution is 0.0736. The summed E-state index contributed by atoms with van der Waals surface area (Å²) in [6, 6.07) is 23.4. The van der Waals surface area contributed by atoms with E-state index in [9.17, 15) is 4.79 Å². The van der Waals surface area contributed by atoms with Crippen LogP contribution in [0.25, 0.3) is 22.5 Å². The maximum atomic E-state index is 12.8. The summed E-state index contributed by atoms with van der Waals surface area (Å²) in [5.74, 6) is 0.512. The Morgan fingerprint density at radius 2 is 1.74 bits per heavy atom. The first-order chi connectivity index (χ1) is 19.2. The van der Waals surface area contributed by atoms with Crippen molar-refractivity contribution in [2.45, 2.75) is 6.54 Å². The molecular formula is C30H28N8O. The molecule has 0 bridgehead atoms. The quantitative estimate of drug-likeness (QED) is 0.334. The molecule has 0 saturated carbocycles. The summed E-state index contributed by atoms with van der Waals surface area (Å²) in [6.45, 7) is 3.74. The van der Waals surface area contributed by atoms with Crippen LogP contribution in [0.4, 0.5) is 11.6 Å². The van der Waals surface area contributed by atoms with Gasteiger partial charge in [0.05, 0.1) is 12.2 Å². The number of amides is 1. The normalized spacial score (nSPS) is 13.3. The minimum absolute atomic E-state index is 0.0525. The van der Waals surface area contributed by atoms with Crippen LogP contribution in [0.2, 0.25) is 0 Å². The van der Waals surface area contributed by atoms with Crippen molar-refractivity contribution >= 4 is 17.5 Å². The average molecular weight is 517 g/mol. The van der Waals surface area contributed by atoms with Crippen LogP contribution in [-0.4, -0.2) is 61.7 Å². The standard InChI is InChI=1S/C30H28N8O/c39-29(37-17-15-31-16-18-37)23-8-10-25(11-9-23)34-30-33-14-12-27(35-30)26-21-38(20-22-5-2-1-3-6-22)36-28(26)24-7-4-13-32-19-24/h1-14,19,21,31H,15-18,20H2,(H,33,34,35). The molecule has 2 aromatic carbocycles. The van der Waals surface area contributed by atoms with Gasteiger partial charge in [0, 0.05) is 73.3 Å². The third-order valence-electron chi connectivity index (χ3n) is 6.61. The molecule has 39 heavy (non-hydrogen) atoms. The number of nitrogens with one attached hydrogen (secondary N) is 2. The van der Waals surface area contributed by atoms with Crippen LogP contribution >= 0.6 is 0 Å². The van der Waals surface area contributed by atoms with Gasteiger partial charge in [0.25, 0.3) is 5.91 Å². The Hall–Kier alpha value is -4.89. The van der Waals surface area contributed by atoms with E-state index < -0.39 is 0 Å². The topological polar surface area (TPSA) is 101 Å². The Balaban J connectivity index is 1.25. The predicted molar refractivity (Wildman–Crippen MR) is 151 cm³/mol. The molecule has 0 radical (unpaired) electrons. The van der Waals surface area contributed by atoms with Gasteiger partial charge in [-0.2, -0.15) is 5.10 Å². The highest BCUT2D eigenvalue weighted by Gasteiger charge is 2.18. The number of anilines is 2. The van der Waals surface area contributed by atoms with E-state index in [1.54, 1.807) is 12.4 Å². The van der Waals surface area contributed by atoms with Crippen LogP contribution in [0.5, 0.6) is 0 Å². The van der Waals surface area contributed by atoms with E-state index in [4.69, 9.17) is 10.1 Å². The van der Waals surface area contributed by atoms with Gasteiger partial charge in [0.15, 0.2) is 0 Å². The Kier molecular flexibility index (Phi) is 7.05. The molecule has 2 N–H and O–H groups in total. The summed E-state index contributed by atoms with van der Waals surface area (Å²) in [4.78, 5) is 28.2. The minimum atomic E-state index is 0.0525. The Bertz CT molecular complexity index is 1550. The first-order valence-electron chi connectivity index (χ1n) is 13.0. The number of rotatable bonds is 7. The van der Waals surface area contributed by atoms with Crippen molar-refractivity contribution in [3.8, 4) is 22.5 Å². The number of hydrogen-bond acceptors (Lipinski definition) is 7. The highest BCUT2D eigenvalue weighted by Crippen LogP contribution is 2.30. The third kappa shape index (κ3) is 5.68. The number of benzene rings is 2. The second-order valence-electron chi connectivity index (χ2n) is 9.33. The van der Waals surface area contributed by atoms with Gasteiger partial charge in [0.1, 0.15) is 5.69 Å². The number of carbonyl (C=O) groups is 1. The first kappa shape index (κ1) is 24.4. The summed E-state index contributed by atoms with van der Waals surface area (Å²) < 4.78 is 1.93. The minimum Gasteiger partial charge on any atom is -0.336 e. The molecule has 1 saturated heterocycles. The molecule has 4 heterocycles. The van der Waals surface area contributed by atoms with E-state index in [1.807, 2.05) is 82.6 Å². The van der Waals surface area contributed by atoms with E-state index in [0.717, 1.165) is 59.9 Å². The van der Waals surface area contributed by atoms with Gasteiger partial charge in [-0.05, 0) is 48.0 Å². The SMILES string of the molecule is O=C(c1ccc(Nc2nccc(-c3cn(Cc4ccccc4)nc3-c3cccnc3)n2)cc1)N1CCNCC1. The van der Waals surface area contributed by atoms with Crippen LogP contribution in [0, 0.1) is 0 Å². The number of pyridine rings is 1. The molecule has 9 nitrogen and oxygen atoms in total. The fourth-order valence-electron chi connectivity index (χ4n) is 4.62. The Morgan fingerprint density at radius 3 is 2.51 bits per heavy atom. The largest absolute Gasteiger partial charge is 0.336 e. The van der Waals surface area contributed by atoms with Gasteiger partial charge >= 0.3 is 0 Å². The fourth-order valence-corrected chi connectivity index (χ4v) is 4.62. The van der Waals surface area contributed by atoms with E-state index in [2.05, 4.69) is 32.7 Å². The predicted octanol–water partition coefficient (Wildman–Crippen LogP) is 4.24. The Labute approximate surface area is 226 Å². The van der Waals surface area contributed by atoms with Crippen LogP contribution in [0.3, 0.4) is 0 Å². The zero-order chi connectivity index (χ0) is 26.4. The smallest absolute Gasteiger partial charge is 0.253 e. The fraction of sp³-hybridized carbons (Fsp3) is 0.167. The van der Waals surface area contributed by atoms with Crippen molar-refractivity contribution in [1.29, 1.82) is 0 Å². The molecule has 3 aromatic heterocycles.